The van der Waals surface area contributed by atoms with Gasteiger partial charge < -0.3 is 5.11 Å². The molecular weight excluding hydrogens is 200 g/mol. The molecule has 16 heavy (non-hydrogen) atoms. The van der Waals surface area contributed by atoms with Crippen LogP contribution in [0.1, 0.15) is 33.1 Å². The number of allylic oxidation sites excluding steroid dienone is 3. The van der Waals surface area contributed by atoms with Gasteiger partial charge in [-0.2, -0.15) is 0 Å². The van der Waals surface area contributed by atoms with Crippen molar-refractivity contribution in [3.63, 3.8) is 0 Å². The predicted molar refractivity (Wildman–Crippen MR) is 66.0 cm³/mol. The Balaban J connectivity index is 2.55. The topological polar surface area (TPSA) is 37.3 Å². The molecule has 0 amide bonds. The first-order valence-electron chi connectivity index (χ1n) is 6.06. The van der Waals surface area contributed by atoms with Crippen molar-refractivity contribution in [3.8, 4) is 0 Å². The second kappa shape index (κ2) is 6.00. The summed E-state index contributed by atoms with van der Waals surface area (Å²) in [6.07, 6.45) is 7.45. The molecule has 2 nitrogen and oxygen atoms in total. The molecule has 1 rings (SSSR count). The summed E-state index contributed by atoms with van der Waals surface area (Å²) in [5.74, 6) is 0.547. The number of ketones is 1. The van der Waals surface area contributed by atoms with Gasteiger partial charge in [0.25, 0.3) is 0 Å². The molecule has 1 fully saturated rings. The van der Waals surface area contributed by atoms with E-state index in [-0.39, 0.29) is 17.6 Å². The minimum atomic E-state index is -0.500. The number of hydrogen-bond donors (Lipinski definition) is 1. The third kappa shape index (κ3) is 3.05. The van der Waals surface area contributed by atoms with Crippen molar-refractivity contribution in [3.05, 3.63) is 24.8 Å². The summed E-state index contributed by atoms with van der Waals surface area (Å²) in [5, 5.41) is 10.2. The molecule has 1 aliphatic rings. The first-order chi connectivity index (χ1) is 7.57. The van der Waals surface area contributed by atoms with Crippen LogP contribution in [0.25, 0.3) is 0 Å². The number of carbonyl (C=O) groups excluding carboxylic acids is 1. The average molecular weight is 222 g/mol. The summed E-state index contributed by atoms with van der Waals surface area (Å²) in [4.78, 5) is 11.7. The Morgan fingerprint density at radius 1 is 1.62 bits per heavy atom. The van der Waals surface area contributed by atoms with Crippen LogP contribution in [0.5, 0.6) is 0 Å². The maximum Gasteiger partial charge on any atom is 0.138 e. The van der Waals surface area contributed by atoms with E-state index in [1.807, 2.05) is 19.1 Å². The quantitative estimate of drug-likeness (QED) is 0.726. The zero-order valence-electron chi connectivity index (χ0n) is 10.2. The third-order valence-corrected chi connectivity index (χ3v) is 3.56. The van der Waals surface area contributed by atoms with E-state index in [1.54, 1.807) is 6.08 Å². The highest BCUT2D eigenvalue weighted by Gasteiger charge is 2.38. The van der Waals surface area contributed by atoms with Crippen LogP contribution in [0.3, 0.4) is 0 Å². The summed E-state index contributed by atoms with van der Waals surface area (Å²) in [6, 6.07) is 0. The van der Waals surface area contributed by atoms with Gasteiger partial charge in [0.15, 0.2) is 0 Å². The zero-order chi connectivity index (χ0) is 12.1. The van der Waals surface area contributed by atoms with E-state index < -0.39 is 6.10 Å². The van der Waals surface area contributed by atoms with E-state index in [4.69, 9.17) is 0 Å². The van der Waals surface area contributed by atoms with Crippen LogP contribution in [0, 0.1) is 17.8 Å². The van der Waals surface area contributed by atoms with Crippen molar-refractivity contribution >= 4 is 5.78 Å². The van der Waals surface area contributed by atoms with Crippen molar-refractivity contribution in [2.24, 2.45) is 17.8 Å². The van der Waals surface area contributed by atoms with Crippen molar-refractivity contribution in [2.45, 2.75) is 39.2 Å². The highest BCUT2D eigenvalue weighted by atomic mass is 16.3. The molecule has 0 aromatic heterocycles. The molecule has 0 spiro atoms. The normalized spacial score (nSPS) is 29.6. The average Bonchev–Trinajstić information content (AvgIpc) is 2.58. The summed E-state index contributed by atoms with van der Waals surface area (Å²) in [6.45, 7) is 7.66. The van der Waals surface area contributed by atoms with E-state index in [1.165, 1.54) is 0 Å². The molecule has 0 saturated heterocycles. The third-order valence-electron chi connectivity index (χ3n) is 3.56. The van der Waals surface area contributed by atoms with Crippen LogP contribution in [0.15, 0.2) is 24.8 Å². The molecule has 0 aromatic carbocycles. The number of hydrogen-bond acceptors (Lipinski definition) is 2. The fourth-order valence-corrected chi connectivity index (χ4v) is 2.44. The molecule has 4 unspecified atom stereocenters. The van der Waals surface area contributed by atoms with Crippen LogP contribution >= 0.6 is 0 Å². The molecule has 0 heterocycles. The van der Waals surface area contributed by atoms with Gasteiger partial charge in [-0.15, -0.1) is 0 Å². The number of rotatable bonds is 5. The van der Waals surface area contributed by atoms with E-state index in [0.717, 1.165) is 12.8 Å². The lowest BCUT2D eigenvalue weighted by atomic mass is 9.83. The van der Waals surface area contributed by atoms with Crippen LogP contribution < -0.4 is 0 Å². The van der Waals surface area contributed by atoms with Gasteiger partial charge in [0.2, 0.25) is 0 Å². The minimum absolute atomic E-state index is 0.130. The fraction of sp³-hybridized carbons (Fsp3) is 0.643. The summed E-state index contributed by atoms with van der Waals surface area (Å²) < 4.78 is 0. The molecule has 2 heteroatoms. The molecule has 0 radical (unpaired) electrons. The smallest absolute Gasteiger partial charge is 0.138 e. The second-order valence-electron chi connectivity index (χ2n) is 4.88. The highest BCUT2D eigenvalue weighted by molar-refractivity contribution is 5.83. The molecule has 0 bridgehead atoms. The lowest BCUT2D eigenvalue weighted by molar-refractivity contribution is -0.125. The molecule has 90 valence electrons. The number of carbonyl (C=O) groups is 1. The Bertz CT molecular complexity index is 280. The summed E-state index contributed by atoms with van der Waals surface area (Å²) >= 11 is 0. The minimum Gasteiger partial charge on any atom is -0.392 e. The largest absolute Gasteiger partial charge is 0.392 e. The Morgan fingerprint density at radius 2 is 2.31 bits per heavy atom. The molecular formula is C14H22O2. The Labute approximate surface area is 98.1 Å². The number of aliphatic hydroxyl groups excluding tert-OH is 1. The van der Waals surface area contributed by atoms with Gasteiger partial charge in [-0.25, -0.2) is 0 Å². The summed E-state index contributed by atoms with van der Waals surface area (Å²) in [5.41, 5.74) is 0. The van der Waals surface area contributed by atoms with Crippen LogP contribution in [-0.4, -0.2) is 17.0 Å². The monoisotopic (exact) mass is 222 g/mol. The first kappa shape index (κ1) is 13.2. The molecule has 0 aromatic rings. The van der Waals surface area contributed by atoms with Crippen LogP contribution in [0.4, 0.5) is 0 Å². The Kier molecular flexibility index (Phi) is 4.94. The van der Waals surface area contributed by atoms with Gasteiger partial charge in [-0.3, -0.25) is 4.79 Å². The lowest BCUT2D eigenvalue weighted by Crippen LogP contribution is -2.33. The number of Topliss-reactive ketones (excluding diaryl/α,β-unsaturated/α-hetero) is 1. The molecule has 4 atom stereocenters. The van der Waals surface area contributed by atoms with Gasteiger partial charge in [0.1, 0.15) is 5.78 Å². The Hall–Kier alpha value is -0.890. The Morgan fingerprint density at radius 3 is 2.81 bits per heavy atom. The maximum atomic E-state index is 11.7. The van der Waals surface area contributed by atoms with Gasteiger partial charge in [0, 0.05) is 12.3 Å². The molecule has 0 aliphatic heterocycles. The lowest BCUT2D eigenvalue weighted by Gasteiger charge is -2.25. The van der Waals surface area contributed by atoms with Gasteiger partial charge in [0.05, 0.1) is 6.10 Å². The van der Waals surface area contributed by atoms with Gasteiger partial charge in [-0.05, 0) is 24.7 Å². The van der Waals surface area contributed by atoms with E-state index >= 15 is 0 Å². The maximum absolute atomic E-state index is 11.7. The zero-order valence-corrected chi connectivity index (χ0v) is 10.2. The summed E-state index contributed by atoms with van der Waals surface area (Å²) in [7, 11) is 0. The highest BCUT2D eigenvalue weighted by Crippen LogP contribution is 2.34. The standard InChI is InChI=1S/C14H22O2/c1-4-5-6-7-11(3)14(16)13-10(2)8-9-12(13)15/h4-6,10-11,13-14,16H,1,7-9H2,2-3H3/b6-5+. The van der Waals surface area contributed by atoms with Crippen molar-refractivity contribution in [1.82, 2.24) is 0 Å². The van der Waals surface area contributed by atoms with Crippen LogP contribution in [0.2, 0.25) is 0 Å². The SMILES string of the molecule is C=C/C=C/CC(C)C(O)C1C(=O)CCC1C. The van der Waals surface area contributed by atoms with Crippen molar-refractivity contribution in [2.75, 3.05) is 0 Å². The van der Waals surface area contributed by atoms with Gasteiger partial charge >= 0.3 is 0 Å². The number of aliphatic hydroxyl groups is 1. The van der Waals surface area contributed by atoms with Crippen molar-refractivity contribution in [1.29, 1.82) is 0 Å². The van der Waals surface area contributed by atoms with Crippen molar-refractivity contribution < 1.29 is 9.90 Å². The van der Waals surface area contributed by atoms with E-state index in [9.17, 15) is 9.90 Å². The molecule has 1 saturated carbocycles. The predicted octanol–water partition coefficient (Wildman–Crippen LogP) is 2.73. The fourth-order valence-electron chi connectivity index (χ4n) is 2.44. The first-order valence-corrected chi connectivity index (χ1v) is 6.06. The molecule has 1 N–H and O–H groups in total. The van der Waals surface area contributed by atoms with Gasteiger partial charge in [-0.1, -0.05) is 38.7 Å². The van der Waals surface area contributed by atoms with E-state index in [0.29, 0.717) is 12.3 Å². The second-order valence-corrected chi connectivity index (χ2v) is 4.88. The molecule has 1 aliphatic carbocycles. The van der Waals surface area contributed by atoms with E-state index in [2.05, 4.69) is 13.5 Å². The van der Waals surface area contributed by atoms with Crippen LogP contribution in [-0.2, 0) is 4.79 Å².